The number of amides is 1. The summed E-state index contributed by atoms with van der Waals surface area (Å²) in [5, 5.41) is 10.5. The van der Waals surface area contributed by atoms with Gasteiger partial charge in [-0.1, -0.05) is 48.5 Å². The molecule has 30 heavy (non-hydrogen) atoms. The van der Waals surface area contributed by atoms with Crippen molar-refractivity contribution in [3.05, 3.63) is 71.8 Å². The van der Waals surface area contributed by atoms with Crippen molar-refractivity contribution in [2.24, 2.45) is 0 Å². The lowest BCUT2D eigenvalue weighted by molar-refractivity contribution is -0.0515. The quantitative estimate of drug-likeness (QED) is 0.647. The van der Waals surface area contributed by atoms with Gasteiger partial charge >= 0.3 is 0 Å². The fourth-order valence-corrected chi connectivity index (χ4v) is 3.79. The molecule has 1 aliphatic rings. The zero-order valence-corrected chi connectivity index (χ0v) is 17.7. The van der Waals surface area contributed by atoms with Gasteiger partial charge in [-0.15, -0.1) is 0 Å². The largest absolute Gasteiger partial charge is 0.391 e. The maximum absolute atomic E-state index is 12.9. The Morgan fingerprint density at radius 2 is 1.90 bits per heavy atom. The highest BCUT2D eigenvalue weighted by Gasteiger charge is 2.26. The number of nitrogens with zero attached hydrogens (tertiary/aromatic N) is 2. The minimum atomic E-state index is -0.429. The molecule has 2 aromatic rings. The topological polar surface area (TPSA) is 62.2 Å². The third-order valence-electron chi connectivity index (χ3n) is 5.30. The normalized spacial score (nSPS) is 18.1. The molecule has 0 unspecified atom stereocenters. The molecule has 1 heterocycles. The van der Waals surface area contributed by atoms with Crippen LogP contribution < -0.4 is 0 Å². The van der Waals surface area contributed by atoms with Crippen LogP contribution in [0.15, 0.2) is 60.7 Å². The summed E-state index contributed by atoms with van der Waals surface area (Å²) >= 11 is 0. The van der Waals surface area contributed by atoms with Gasteiger partial charge in [-0.05, 0) is 24.1 Å². The van der Waals surface area contributed by atoms with E-state index in [2.05, 4.69) is 4.90 Å². The number of aliphatic hydroxyl groups excluding tert-OH is 1. The molecule has 1 N–H and O–H groups in total. The Balaban J connectivity index is 1.55. The van der Waals surface area contributed by atoms with Gasteiger partial charge in [0.1, 0.15) is 0 Å². The van der Waals surface area contributed by atoms with Crippen LogP contribution in [-0.2, 0) is 15.9 Å². The van der Waals surface area contributed by atoms with E-state index in [1.54, 1.807) is 12.0 Å². The Labute approximate surface area is 179 Å². The molecule has 2 atom stereocenters. The van der Waals surface area contributed by atoms with Crippen molar-refractivity contribution < 1.29 is 19.4 Å². The average Bonchev–Trinajstić information content (AvgIpc) is 2.77. The molecule has 0 spiro atoms. The molecule has 6 nitrogen and oxygen atoms in total. The summed E-state index contributed by atoms with van der Waals surface area (Å²) in [6.45, 7) is 4.16. The number of rotatable bonds is 10. The van der Waals surface area contributed by atoms with E-state index in [9.17, 15) is 9.90 Å². The van der Waals surface area contributed by atoms with Crippen molar-refractivity contribution in [3.8, 4) is 0 Å². The number of methoxy groups -OCH3 is 1. The van der Waals surface area contributed by atoms with E-state index < -0.39 is 6.10 Å². The highest BCUT2D eigenvalue weighted by molar-refractivity contribution is 5.94. The van der Waals surface area contributed by atoms with Gasteiger partial charge in [0.25, 0.3) is 5.91 Å². The molecule has 0 bridgehead atoms. The summed E-state index contributed by atoms with van der Waals surface area (Å²) in [5.41, 5.74) is 1.80. The third kappa shape index (κ3) is 6.92. The van der Waals surface area contributed by atoms with E-state index >= 15 is 0 Å². The van der Waals surface area contributed by atoms with E-state index in [0.29, 0.717) is 51.4 Å². The molecule has 162 valence electrons. The van der Waals surface area contributed by atoms with E-state index in [1.165, 1.54) is 0 Å². The molecule has 3 rings (SSSR count). The Kier molecular flexibility index (Phi) is 8.83. The van der Waals surface area contributed by atoms with Crippen LogP contribution in [0.1, 0.15) is 15.9 Å². The van der Waals surface area contributed by atoms with E-state index in [4.69, 9.17) is 9.47 Å². The van der Waals surface area contributed by atoms with E-state index in [-0.39, 0.29) is 12.0 Å². The van der Waals surface area contributed by atoms with Gasteiger partial charge in [-0.25, -0.2) is 0 Å². The molecular formula is C24H32N2O4. The Morgan fingerprint density at radius 1 is 1.20 bits per heavy atom. The predicted molar refractivity (Wildman–Crippen MR) is 117 cm³/mol. The van der Waals surface area contributed by atoms with Crippen LogP contribution in [-0.4, -0.2) is 86.1 Å². The highest BCUT2D eigenvalue weighted by Crippen LogP contribution is 2.12. The number of aliphatic hydroxyl groups is 1. The van der Waals surface area contributed by atoms with Crippen LogP contribution >= 0.6 is 0 Å². The van der Waals surface area contributed by atoms with Crippen molar-refractivity contribution >= 4 is 5.91 Å². The second kappa shape index (κ2) is 11.8. The molecular weight excluding hydrogens is 380 g/mol. The standard InChI is InChI=1S/C24H32N2O4/c1-29-14-13-26(24(28)21-10-6-3-7-11-21)19-23-18-25(12-15-30-23)17-22(27)16-20-8-4-2-5-9-20/h2-11,22-23,27H,12-19H2,1H3/t22-,23-/m1/s1. The second-order valence-electron chi connectivity index (χ2n) is 7.71. The van der Waals surface area contributed by atoms with Crippen molar-refractivity contribution in [1.29, 1.82) is 0 Å². The van der Waals surface area contributed by atoms with Crippen LogP contribution in [0.4, 0.5) is 0 Å². The Hall–Kier alpha value is -2.25. The molecule has 6 heteroatoms. The van der Waals surface area contributed by atoms with Gasteiger partial charge < -0.3 is 19.5 Å². The van der Waals surface area contributed by atoms with Gasteiger partial charge in [-0.2, -0.15) is 0 Å². The number of β-amino-alcohol motifs (C(OH)–C–C–N with tert-alkyl or cyclic N) is 1. The number of morpholine rings is 1. The van der Waals surface area contributed by atoms with Gasteiger partial charge in [-0.3, -0.25) is 9.69 Å². The second-order valence-corrected chi connectivity index (χ2v) is 7.71. The number of benzene rings is 2. The van der Waals surface area contributed by atoms with Crippen molar-refractivity contribution in [2.45, 2.75) is 18.6 Å². The summed E-state index contributed by atoms with van der Waals surface area (Å²) in [6, 6.07) is 19.3. The maximum Gasteiger partial charge on any atom is 0.254 e. The van der Waals surface area contributed by atoms with Gasteiger partial charge in [0.2, 0.25) is 0 Å². The summed E-state index contributed by atoms with van der Waals surface area (Å²) in [7, 11) is 1.64. The van der Waals surface area contributed by atoms with Crippen LogP contribution in [0.5, 0.6) is 0 Å². The van der Waals surface area contributed by atoms with E-state index in [1.807, 2.05) is 60.7 Å². The van der Waals surface area contributed by atoms with Crippen molar-refractivity contribution in [2.75, 3.05) is 53.0 Å². The van der Waals surface area contributed by atoms with Crippen molar-refractivity contribution in [1.82, 2.24) is 9.80 Å². The Bertz CT molecular complexity index is 756. The SMILES string of the molecule is COCCN(C[C@H]1CN(C[C@H](O)Cc2ccccc2)CCO1)C(=O)c1ccccc1. The lowest BCUT2D eigenvalue weighted by Crippen LogP contribution is -2.51. The summed E-state index contributed by atoms with van der Waals surface area (Å²) in [6.07, 6.45) is 0.115. The van der Waals surface area contributed by atoms with Gasteiger partial charge in [0.05, 0.1) is 25.4 Å². The van der Waals surface area contributed by atoms with E-state index in [0.717, 1.165) is 12.1 Å². The first-order chi connectivity index (χ1) is 14.7. The fraction of sp³-hybridized carbons (Fsp3) is 0.458. The maximum atomic E-state index is 12.9. The fourth-order valence-electron chi connectivity index (χ4n) is 3.79. The summed E-state index contributed by atoms with van der Waals surface area (Å²) in [4.78, 5) is 17.0. The van der Waals surface area contributed by atoms with Crippen molar-refractivity contribution in [3.63, 3.8) is 0 Å². The first kappa shape index (κ1) is 22.4. The monoisotopic (exact) mass is 412 g/mol. The molecule has 0 radical (unpaired) electrons. The van der Waals surface area contributed by atoms with Gasteiger partial charge in [0.15, 0.2) is 0 Å². The van der Waals surface area contributed by atoms with Crippen LogP contribution in [0.3, 0.4) is 0 Å². The minimum Gasteiger partial charge on any atom is -0.391 e. The van der Waals surface area contributed by atoms with Crippen LogP contribution in [0.2, 0.25) is 0 Å². The predicted octanol–water partition coefficient (Wildman–Crippen LogP) is 2.08. The number of carbonyl (C=O) groups excluding carboxylic acids is 1. The number of hydrogen-bond donors (Lipinski definition) is 1. The van der Waals surface area contributed by atoms with Crippen LogP contribution in [0.25, 0.3) is 0 Å². The zero-order valence-electron chi connectivity index (χ0n) is 17.7. The summed E-state index contributed by atoms with van der Waals surface area (Å²) < 4.78 is 11.1. The molecule has 1 amide bonds. The minimum absolute atomic E-state index is 0.0162. The Morgan fingerprint density at radius 3 is 2.60 bits per heavy atom. The molecule has 0 aromatic heterocycles. The lowest BCUT2D eigenvalue weighted by Gasteiger charge is -2.36. The number of carbonyl (C=O) groups is 1. The first-order valence-electron chi connectivity index (χ1n) is 10.5. The average molecular weight is 413 g/mol. The molecule has 1 fully saturated rings. The zero-order chi connectivity index (χ0) is 21.2. The molecule has 0 aliphatic carbocycles. The smallest absolute Gasteiger partial charge is 0.254 e. The third-order valence-corrected chi connectivity index (χ3v) is 5.30. The first-order valence-corrected chi connectivity index (χ1v) is 10.5. The number of ether oxygens (including phenoxy) is 2. The highest BCUT2D eigenvalue weighted by atomic mass is 16.5. The van der Waals surface area contributed by atoms with Crippen LogP contribution in [0, 0.1) is 0 Å². The van der Waals surface area contributed by atoms with Gasteiger partial charge in [0, 0.05) is 45.4 Å². The molecule has 1 saturated heterocycles. The molecule has 2 aromatic carbocycles. The lowest BCUT2D eigenvalue weighted by atomic mass is 10.1. The summed E-state index contributed by atoms with van der Waals surface area (Å²) in [5.74, 6) is -0.0162. The molecule has 1 aliphatic heterocycles. The number of hydrogen-bond acceptors (Lipinski definition) is 5. The molecule has 0 saturated carbocycles.